The van der Waals surface area contributed by atoms with Crippen LogP contribution in [0.3, 0.4) is 0 Å². The van der Waals surface area contributed by atoms with E-state index in [4.69, 9.17) is 19.9 Å². The maximum Gasteiger partial charge on any atom is 0.422 e. The van der Waals surface area contributed by atoms with E-state index in [1.165, 1.54) is 19.2 Å². The summed E-state index contributed by atoms with van der Waals surface area (Å²) in [6.45, 7) is 0.961. The van der Waals surface area contributed by atoms with Crippen molar-refractivity contribution in [3.05, 3.63) is 12.1 Å². The summed E-state index contributed by atoms with van der Waals surface area (Å²) >= 11 is 0. The molecule has 1 heterocycles. The molecule has 1 aliphatic rings. The molecule has 1 aromatic carbocycles. The Morgan fingerprint density at radius 2 is 1.90 bits per heavy atom. The van der Waals surface area contributed by atoms with E-state index in [0.717, 1.165) is 0 Å². The van der Waals surface area contributed by atoms with E-state index in [9.17, 15) is 13.2 Å². The summed E-state index contributed by atoms with van der Waals surface area (Å²) in [5.74, 6) is 0.489. The van der Waals surface area contributed by atoms with Crippen LogP contribution in [0.2, 0.25) is 0 Å². The summed E-state index contributed by atoms with van der Waals surface area (Å²) in [4.78, 5) is 1.96. The molecule has 1 saturated heterocycles. The molecule has 0 amide bonds. The summed E-state index contributed by atoms with van der Waals surface area (Å²) in [6.07, 6.45) is -4.41. The number of benzene rings is 1. The first-order valence-corrected chi connectivity index (χ1v) is 6.40. The van der Waals surface area contributed by atoms with E-state index in [1.54, 1.807) is 0 Å². The quantitative estimate of drug-likeness (QED) is 0.863. The van der Waals surface area contributed by atoms with Crippen LogP contribution in [0.15, 0.2) is 12.1 Å². The third-order valence-electron chi connectivity index (χ3n) is 3.05. The van der Waals surface area contributed by atoms with Crippen molar-refractivity contribution < 1.29 is 27.4 Å². The Balaban J connectivity index is 2.25. The highest BCUT2D eigenvalue weighted by atomic mass is 19.4. The van der Waals surface area contributed by atoms with Gasteiger partial charge in [0.15, 0.2) is 6.61 Å². The number of nitrogens with zero attached hydrogens (tertiary/aromatic N) is 1. The van der Waals surface area contributed by atoms with Gasteiger partial charge >= 0.3 is 6.18 Å². The van der Waals surface area contributed by atoms with Crippen molar-refractivity contribution in [2.45, 2.75) is 6.18 Å². The number of methoxy groups -OCH3 is 1. The zero-order valence-electron chi connectivity index (χ0n) is 11.6. The van der Waals surface area contributed by atoms with E-state index in [0.29, 0.717) is 37.7 Å². The highest BCUT2D eigenvalue weighted by molar-refractivity contribution is 5.70. The Kier molecular flexibility index (Phi) is 4.66. The van der Waals surface area contributed by atoms with Crippen LogP contribution in [0.5, 0.6) is 11.5 Å². The molecule has 0 unspecified atom stereocenters. The van der Waals surface area contributed by atoms with Crippen LogP contribution >= 0.6 is 0 Å². The third-order valence-corrected chi connectivity index (χ3v) is 3.05. The van der Waals surface area contributed by atoms with Gasteiger partial charge in [-0.25, -0.2) is 0 Å². The number of rotatable bonds is 4. The number of halogens is 3. The fourth-order valence-corrected chi connectivity index (χ4v) is 2.06. The highest BCUT2D eigenvalue weighted by Crippen LogP contribution is 2.38. The monoisotopic (exact) mass is 306 g/mol. The zero-order valence-corrected chi connectivity index (χ0v) is 11.6. The Morgan fingerprint density at radius 1 is 1.24 bits per heavy atom. The van der Waals surface area contributed by atoms with Gasteiger partial charge < -0.3 is 24.8 Å². The van der Waals surface area contributed by atoms with Crippen molar-refractivity contribution in [3.8, 4) is 11.5 Å². The number of hydrogen-bond acceptors (Lipinski definition) is 5. The van der Waals surface area contributed by atoms with Crippen LogP contribution < -0.4 is 20.1 Å². The molecule has 0 atom stereocenters. The van der Waals surface area contributed by atoms with E-state index in [-0.39, 0.29) is 11.4 Å². The lowest BCUT2D eigenvalue weighted by Crippen LogP contribution is -2.36. The maximum absolute atomic E-state index is 12.3. The average molecular weight is 306 g/mol. The molecule has 5 nitrogen and oxygen atoms in total. The smallest absolute Gasteiger partial charge is 0.422 e. The maximum atomic E-state index is 12.3. The third kappa shape index (κ3) is 4.07. The van der Waals surface area contributed by atoms with E-state index >= 15 is 0 Å². The first-order valence-electron chi connectivity index (χ1n) is 6.40. The molecule has 2 rings (SSSR count). The number of anilines is 2. The molecule has 118 valence electrons. The van der Waals surface area contributed by atoms with Gasteiger partial charge in [0.1, 0.15) is 11.5 Å². The predicted octanol–water partition coefficient (Wildman–Crippen LogP) is 2.06. The van der Waals surface area contributed by atoms with Crippen molar-refractivity contribution in [1.82, 2.24) is 0 Å². The molecule has 1 aromatic rings. The summed E-state index contributed by atoms with van der Waals surface area (Å²) in [7, 11) is 1.48. The number of morpholine rings is 1. The molecule has 2 N–H and O–H groups in total. The van der Waals surface area contributed by atoms with Crippen LogP contribution in [0, 0.1) is 0 Å². The van der Waals surface area contributed by atoms with Gasteiger partial charge in [-0.3, -0.25) is 0 Å². The summed E-state index contributed by atoms with van der Waals surface area (Å²) in [6, 6.07) is 2.95. The van der Waals surface area contributed by atoms with Crippen molar-refractivity contribution in [3.63, 3.8) is 0 Å². The van der Waals surface area contributed by atoms with Crippen molar-refractivity contribution in [2.75, 3.05) is 50.7 Å². The lowest BCUT2D eigenvalue weighted by molar-refractivity contribution is -0.153. The van der Waals surface area contributed by atoms with Crippen molar-refractivity contribution >= 4 is 11.4 Å². The molecule has 21 heavy (non-hydrogen) atoms. The zero-order chi connectivity index (χ0) is 15.5. The Labute approximate surface area is 120 Å². The number of nitrogens with two attached hydrogens (primary N) is 1. The molecule has 0 saturated carbocycles. The van der Waals surface area contributed by atoms with Crippen LogP contribution in [0.1, 0.15) is 0 Å². The molecule has 0 aromatic heterocycles. The minimum Gasteiger partial charge on any atom is -0.495 e. The minimum atomic E-state index is -4.41. The van der Waals surface area contributed by atoms with Gasteiger partial charge in [-0.1, -0.05) is 0 Å². The largest absolute Gasteiger partial charge is 0.495 e. The first-order chi connectivity index (χ1) is 9.90. The van der Waals surface area contributed by atoms with Gasteiger partial charge in [-0.2, -0.15) is 13.2 Å². The molecule has 0 spiro atoms. The fraction of sp³-hybridized carbons (Fsp3) is 0.538. The molecule has 8 heteroatoms. The van der Waals surface area contributed by atoms with Gasteiger partial charge in [0.25, 0.3) is 0 Å². The Morgan fingerprint density at radius 3 is 2.48 bits per heavy atom. The Bertz CT molecular complexity index is 488. The standard InChI is InChI=1S/C13H17F3N2O3/c1-19-12-6-9(17)11(21-8-13(14,15)16)7-10(12)18-2-4-20-5-3-18/h6-7H,2-5,8,17H2,1H3. The van der Waals surface area contributed by atoms with Crippen LogP contribution in [0.25, 0.3) is 0 Å². The fourth-order valence-electron chi connectivity index (χ4n) is 2.06. The minimum absolute atomic E-state index is 0.00498. The molecular weight excluding hydrogens is 289 g/mol. The van der Waals surface area contributed by atoms with E-state index < -0.39 is 12.8 Å². The lowest BCUT2D eigenvalue weighted by Gasteiger charge is -2.30. The highest BCUT2D eigenvalue weighted by Gasteiger charge is 2.29. The van der Waals surface area contributed by atoms with Gasteiger partial charge in [-0.05, 0) is 0 Å². The second-order valence-electron chi connectivity index (χ2n) is 4.57. The number of alkyl halides is 3. The average Bonchev–Trinajstić information content (AvgIpc) is 2.45. The Hall–Kier alpha value is -1.83. The number of nitrogen functional groups attached to an aromatic ring is 1. The molecule has 0 radical (unpaired) electrons. The second-order valence-corrected chi connectivity index (χ2v) is 4.57. The number of hydrogen-bond donors (Lipinski definition) is 1. The predicted molar refractivity (Wildman–Crippen MR) is 72.0 cm³/mol. The molecule has 0 aliphatic carbocycles. The lowest BCUT2D eigenvalue weighted by atomic mass is 10.2. The van der Waals surface area contributed by atoms with E-state index in [2.05, 4.69) is 0 Å². The van der Waals surface area contributed by atoms with Gasteiger partial charge in [0.2, 0.25) is 0 Å². The topological polar surface area (TPSA) is 57.0 Å². The second kappa shape index (κ2) is 6.30. The van der Waals surface area contributed by atoms with E-state index in [1.807, 2.05) is 4.90 Å². The van der Waals surface area contributed by atoms with Crippen LogP contribution in [-0.4, -0.2) is 46.2 Å². The van der Waals surface area contributed by atoms with Crippen molar-refractivity contribution in [1.29, 1.82) is 0 Å². The summed E-state index contributed by atoms with van der Waals surface area (Å²) < 4.78 is 52.0. The van der Waals surface area contributed by atoms with Gasteiger partial charge in [0, 0.05) is 25.2 Å². The molecule has 1 aliphatic heterocycles. The molecule has 0 bridgehead atoms. The summed E-state index contributed by atoms with van der Waals surface area (Å²) in [5, 5.41) is 0. The molecular formula is C13H17F3N2O3. The van der Waals surface area contributed by atoms with Crippen LogP contribution in [0.4, 0.5) is 24.5 Å². The van der Waals surface area contributed by atoms with Gasteiger partial charge in [0.05, 0.1) is 31.7 Å². The molecule has 1 fully saturated rings. The normalized spacial score (nSPS) is 15.9. The SMILES string of the molecule is COc1cc(N)c(OCC(F)(F)F)cc1N1CCOCC1. The summed E-state index contributed by atoms with van der Waals surface area (Å²) in [5.41, 5.74) is 6.46. The first kappa shape index (κ1) is 15.6. The van der Waals surface area contributed by atoms with Crippen molar-refractivity contribution in [2.24, 2.45) is 0 Å². The van der Waals surface area contributed by atoms with Gasteiger partial charge in [-0.15, -0.1) is 0 Å². The number of ether oxygens (including phenoxy) is 3. The van der Waals surface area contributed by atoms with Crippen LogP contribution in [-0.2, 0) is 4.74 Å².